The number of aliphatic hydroxyl groups is 1. The number of hydrogen-bond acceptors (Lipinski definition) is 3. The molecule has 4 nitrogen and oxygen atoms in total. The average Bonchev–Trinajstić information content (AvgIpc) is 2.44. The molecule has 0 saturated heterocycles. The third-order valence-electron chi connectivity index (χ3n) is 4.45. The van der Waals surface area contributed by atoms with Crippen molar-refractivity contribution >= 4 is 5.91 Å². The van der Waals surface area contributed by atoms with Gasteiger partial charge in [0.2, 0.25) is 5.91 Å². The molecule has 18 heavy (non-hydrogen) atoms. The van der Waals surface area contributed by atoms with Crippen LogP contribution in [-0.2, 0) is 4.79 Å². The van der Waals surface area contributed by atoms with Gasteiger partial charge >= 0.3 is 0 Å². The fourth-order valence-electron chi connectivity index (χ4n) is 2.60. The van der Waals surface area contributed by atoms with Gasteiger partial charge in [0.25, 0.3) is 0 Å². The zero-order chi connectivity index (χ0) is 13.6. The van der Waals surface area contributed by atoms with Gasteiger partial charge < -0.3 is 16.2 Å². The molecule has 106 valence electrons. The molecule has 1 aliphatic carbocycles. The van der Waals surface area contributed by atoms with Gasteiger partial charge in [0, 0.05) is 12.0 Å². The van der Waals surface area contributed by atoms with Crippen molar-refractivity contribution in [3.05, 3.63) is 0 Å². The van der Waals surface area contributed by atoms with Gasteiger partial charge in [-0.25, -0.2) is 0 Å². The quantitative estimate of drug-likeness (QED) is 0.673. The molecule has 1 saturated carbocycles. The van der Waals surface area contributed by atoms with Crippen molar-refractivity contribution < 1.29 is 9.90 Å². The van der Waals surface area contributed by atoms with Crippen LogP contribution < -0.4 is 11.1 Å². The van der Waals surface area contributed by atoms with Crippen LogP contribution >= 0.6 is 0 Å². The minimum Gasteiger partial charge on any atom is -0.396 e. The van der Waals surface area contributed by atoms with Gasteiger partial charge in [-0.2, -0.15) is 0 Å². The molecule has 0 heterocycles. The van der Waals surface area contributed by atoms with Crippen LogP contribution in [0.25, 0.3) is 0 Å². The van der Waals surface area contributed by atoms with Crippen molar-refractivity contribution in [2.45, 2.75) is 58.4 Å². The fraction of sp³-hybridized carbons (Fsp3) is 0.929. The second kappa shape index (κ2) is 7.10. The summed E-state index contributed by atoms with van der Waals surface area (Å²) < 4.78 is 0. The molecule has 0 radical (unpaired) electrons. The Bertz CT molecular complexity index is 263. The SMILES string of the molecule is CCC(C)[C@H](N)C(=O)NCC1(CO)CCCCC1. The molecule has 1 fully saturated rings. The Morgan fingerprint density at radius 3 is 2.50 bits per heavy atom. The van der Waals surface area contributed by atoms with E-state index in [9.17, 15) is 9.90 Å². The first-order chi connectivity index (χ1) is 8.54. The van der Waals surface area contributed by atoms with Crippen LogP contribution in [0.15, 0.2) is 0 Å². The first-order valence-corrected chi connectivity index (χ1v) is 7.19. The molecule has 0 aromatic carbocycles. The van der Waals surface area contributed by atoms with Gasteiger partial charge in [-0.15, -0.1) is 0 Å². The summed E-state index contributed by atoms with van der Waals surface area (Å²) in [5.41, 5.74) is 5.79. The normalized spacial score (nSPS) is 22.2. The lowest BCUT2D eigenvalue weighted by atomic mass is 9.74. The lowest BCUT2D eigenvalue weighted by Crippen LogP contribution is -2.49. The van der Waals surface area contributed by atoms with E-state index in [2.05, 4.69) is 5.32 Å². The minimum absolute atomic E-state index is 0.0808. The zero-order valence-corrected chi connectivity index (χ0v) is 11.7. The van der Waals surface area contributed by atoms with Crippen LogP contribution in [-0.4, -0.2) is 30.2 Å². The van der Waals surface area contributed by atoms with Crippen molar-refractivity contribution in [2.75, 3.05) is 13.2 Å². The van der Waals surface area contributed by atoms with Crippen LogP contribution in [0, 0.1) is 11.3 Å². The van der Waals surface area contributed by atoms with Crippen LogP contribution in [0.5, 0.6) is 0 Å². The number of carbonyl (C=O) groups excluding carboxylic acids is 1. The lowest BCUT2D eigenvalue weighted by Gasteiger charge is -2.36. The molecule has 0 spiro atoms. The molecular formula is C14H28N2O2. The minimum atomic E-state index is -0.436. The third-order valence-corrected chi connectivity index (χ3v) is 4.45. The van der Waals surface area contributed by atoms with Gasteiger partial charge in [0.15, 0.2) is 0 Å². The number of carbonyl (C=O) groups is 1. The van der Waals surface area contributed by atoms with E-state index in [1.807, 2.05) is 13.8 Å². The van der Waals surface area contributed by atoms with Crippen molar-refractivity contribution in [1.82, 2.24) is 5.32 Å². The molecule has 0 bridgehead atoms. The number of aliphatic hydroxyl groups excluding tert-OH is 1. The first kappa shape index (κ1) is 15.4. The Labute approximate surface area is 110 Å². The highest BCUT2D eigenvalue weighted by Crippen LogP contribution is 2.35. The highest BCUT2D eigenvalue weighted by molar-refractivity contribution is 5.81. The number of rotatable bonds is 6. The summed E-state index contributed by atoms with van der Waals surface area (Å²) in [4.78, 5) is 11.9. The summed E-state index contributed by atoms with van der Waals surface area (Å²) >= 11 is 0. The molecule has 1 amide bonds. The first-order valence-electron chi connectivity index (χ1n) is 7.19. The van der Waals surface area contributed by atoms with E-state index in [0.29, 0.717) is 6.54 Å². The molecule has 1 rings (SSSR count). The van der Waals surface area contributed by atoms with Crippen LogP contribution in [0.2, 0.25) is 0 Å². The Hall–Kier alpha value is -0.610. The van der Waals surface area contributed by atoms with Gasteiger partial charge in [0.05, 0.1) is 12.6 Å². The number of nitrogens with two attached hydrogens (primary N) is 1. The van der Waals surface area contributed by atoms with E-state index in [4.69, 9.17) is 5.73 Å². The largest absolute Gasteiger partial charge is 0.396 e. The van der Waals surface area contributed by atoms with Crippen LogP contribution in [0.4, 0.5) is 0 Å². The summed E-state index contributed by atoms with van der Waals surface area (Å²) in [5, 5.41) is 12.5. The number of nitrogens with one attached hydrogen (secondary N) is 1. The number of hydrogen-bond donors (Lipinski definition) is 3. The fourth-order valence-corrected chi connectivity index (χ4v) is 2.60. The Balaban J connectivity index is 2.45. The second-order valence-corrected chi connectivity index (χ2v) is 5.85. The van der Waals surface area contributed by atoms with Gasteiger partial charge in [-0.05, 0) is 18.8 Å². The van der Waals surface area contributed by atoms with E-state index in [1.165, 1.54) is 6.42 Å². The van der Waals surface area contributed by atoms with Crippen molar-refractivity contribution in [2.24, 2.45) is 17.1 Å². The van der Waals surface area contributed by atoms with E-state index in [1.54, 1.807) is 0 Å². The second-order valence-electron chi connectivity index (χ2n) is 5.85. The van der Waals surface area contributed by atoms with E-state index >= 15 is 0 Å². The Morgan fingerprint density at radius 2 is 2.00 bits per heavy atom. The predicted octanol–water partition coefficient (Wildman–Crippen LogP) is 1.42. The van der Waals surface area contributed by atoms with Gasteiger partial charge in [-0.1, -0.05) is 39.5 Å². The smallest absolute Gasteiger partial charge is 0.237 e. The molecular weight excluding hydrogens is 228 g/mol. The van der Waals surface area contributed by atoms with Crippen molar-refractivity contribution in [1.29, 1.82) is 0 Å². The molecule has 0 aromatic rings. The highest BCUT2D eigenvalue weighted by Gasteiger charge is 2.32. The molecule has 4 heteroatoms. The van der Waals surface area contributed by atoms with Crippen molar-refractivity contribution in [3.8, 4) is 0 Å². The van der Waals surface area contributed by atoms with Gasteiger partial charge in [-0.3, -0.25) is 4.79 Å². The average molecular weight is 256 g/mol. The Morgan fingerprint density at radius 1 is 1.39 bits per heavy atom. The molecule has 0 aromatic heterocycles. The maximum atomic E-state index is 11.9. The third kappa shape index (κ3) is 3.95. The van der Waals surface area contributed by atoms with Gasteiger partial charge in [0.1, 0.15) is 0 Å². The highest BCUT2D eigenvalue weighted by atomic mass is 16.3. The van der Waals surface area contributed by atoms with Crippen LogP contribution in [0.3, 0.4) is 0 Å². The molecule has 1 unspecified atom stereocenters. The summed E-state index contributed by atoms with van der Waals surface area (Å²) in [6.45, 7) is 4.75. The maximum absolute atomic E-state index is 11.9. The lowest BCUT2D eigenvalue weighted by molar-refractivity contribution is -0.124. The summed E-state index contributed by atoms with van der Waals surface area (Å²) in [5.74, 6) is 0.115. The monoisotopic (exact) mass is 256 g/mol. The summed E-state index contributed by atoms with van der Waals surface area (Å²) in [6.07, 6.45) is 6.44. The van der Waals surface area contributed by atoms with E-state index < -0.39 is 6.04 Å². The molecule has 1 aliphatic rings. The molecule has 4 N–H and O–H groups in total. The standard InChI is InChI=1S/C14H28N2O2/c1-3-11(2)12(15)13(18)16-9-14(10-17)7-5-4-6-8-14/h11-12,17H,3-10,15H2,1-2H3,(H,16,18)/t11?,12-/m0/s1. The zero-order valence-electron chi connectivity index (χ0n) is 11.7. The van der Waals surface area contributed by atoms with Crippen molar-refractivity contribution in [3.63, 3.8) is 0 Å². The molecule has 0 aliphatic heterocycles. The number of amides is 1. The summed E-state index contributed by atoms with van der Waals surface area (Å²) in [7, 11) is 0. The predicted molar refractivity (Wildman–Crippen MR) is 73.0 cm³/mol. The van der Waals surface area contributed by atoms with E-state index in [0.717, 1.165) is 32.1 Å². The van der Waals surface area contributed by atoms with E-state index in [-0.39, 0.29) is 23.8 Å². The Kier molecular flexibility index (Phi) is 6.09. The maximum Gasteiger partial charge on any atom is 0.237 e. The summed E-state index contributed by atoms with van der Waals surface area (Å²) in [6, 6.07) is -0.436. The molecule has 2 atom stereocenters. The van der Waals surface area contributed by atoms with Crippen LogP contribution in [0.1, 0.15) is 52.4 Å². The topological polar surface area (TPSA) is 75.4 Å².